The summed E-state index contributed by atoms with van der Waals surface area (Å²) in [7, 11) is 1.38. The number of halogens is 4. The topological polar surface area (TPSA) is 65.7 Å². The lowest BCUT2D eigenvalue weighted by Gasteiger charge is -2.20. The third-order valence-electron chi connectivity index (χ3n) is 4.75. The van der Waals surface area contributed by atoms with Crippen molar-refractivity contribution in [2.24, 2.45) is 5.10 Å². The molecule has 0 saturated heterocycles. The van der Waals surface area contributed by atoms with Crippen LogP contribution < -0.4 is 10.6 Å². The number of hydroxylamine groups is 1. The van der Waals surface area contributed by atoms with E-state index in [9.17, 15) is 18.0 Å². The molecule has 2 aliphatic rings. The maximum absolute atomic E-state index is 13.2. The monoisotopic (exact) mass is 516 g/mol. The molecule has 2 aromatic carbocycles. The highest BCUT2D eigenvalue weighted by Gasteiger charge is 2.35. The van der Waals surface area contributed by atoms with Crippen LogP contribution in [-0.2, 0) is 24.0 Å². The second-order valence-electron chi connectivity index (χ2n) is 6.61. The van der Waals surface area contributed by atoms with Crippen LogP contribution in [0, 0.1) is 3.57 Å². The third kappa shape index (κ3) is 4.09. The molecule has 29 heavy (non-hydrogen) atoms. The number of alkyl halides is 3. The first-order chi connectivity index (χ1) is 13.8. The van der Waals surface area contributed by atoms with Crippen LogP contribution in [0.25, 0.3) is 0 Å². The van der Waals surface area contributed by atoms with E-state index in [1.807, 2.05) is 12.1 Å². The first kappa shape index (κ1) is 20.1. The number of benzene rings is 2. The molecule has 0 radical (unpaired) electrons. The number of amidine groups is 1. The number of fused-ring (bicyclic) bond motifs is 1. The molecule has 0 atom stereocenters. The molecular formula is C19H16F3IN4O2. The summed E-state index contributed by atoms with van der Waals surface area (Å²) < 4.78 is 40.6. The second kappa shape index (κ2) is 7.58. The summed E-state index contributed by atoms with van der Waals surface area (Å²) in [4.78, 5) is 17.8. The van der Waals surface area contributed by atoms with Gasteiger partial charge in [-0.15, -0.1) is 10.3 Å². The fourth-order valence-electron chi connectivity index (χ4n) is 3.29. The van der Waals surface area contributed by atoms with E-state index < -0.39 is 17.6 Å². The van der Waals surface area contributed by atoms with Crippen LogP contribution >= 0.6 is 22.6 Å². The lowest BCUT2D eigenvalue weighted by Crippen LogP contribution is -2.25. The van der Waals surface area contributed by atoms with E-state index >= 15 is 0 Å². The Kier molecular flexibility index (Phi) is 5.25. The fourth-order valence-corrected chi connectivity index (χ4v) is 4.24. The van der Waals surface area contributed by atoms with Crippen LogP contribution in [-0.4, -0.2) is 30.6 Å². The minimum absolute atomic E-state index is 0.121. The number of hydrazone groups is 1. The molecule has 0 unspecified atom stereocenters. The Bertz CT molecular complexity index is 1020. The van der Waals surface area contributed by atoms with Crippen molar-refractivity contribution in [1.82, 2.24) is 10.5 Å². The number of nitrogens with one attached hydrogen (secondary N) is 2. The zero-order valence-corrected chi connectivity index (χ0v) is 17.4. The number of amides is 1. The normalized spacial score (nSPS) is 15.6. The summed E-state index contributed by atoms with van der Waals surface area (Å²) in [5.41, 5.74) is 2.08. The molecule has 0 aliphatic carbocycles. The molecule has 2 N–H and O–H groups in total. The van der Waals surface area contributed by atoms with Crippen LogP contribution in [0.1, 0.15) is 32.6 Å². The van der Waals surface area contributed by atoms with E-state index in [0.717, 1.165) is 39.4 Å². The Morgan fingerprint density at radius 3 is 2.79 bits per heavy atom. The van der Waals surface area contributed by atoms with E-state index in [2.05, 4.69) is 38.3 Å². The largest absolute Gasteiger partial charge is 0.416 e. The summed E-state index contributed by atoms with van der Waals surface area (Å²) in [5, 5.41) is 11.1. The maximum Gasteiger partial charge on any atom is 0.416 e. The van der Waals surface area contributed by atoms with Crippen molar-refractivity contribution in [2.75, 3.05) is 19.0 Å². The average molecular weight is 516 g/mol. The Labute approximate surface area is 178 Å². The van der Waals surface area contributed by atoms with Crippen LogP contribution in [0.4, 0.5) is 18.9 Å². The summed E-state index contributed by atoms with van der Waals surface area (Å²) in [6.45, 7) is 1.57. The van der Waals surface area contributed by atoms with Gasteiger partial charge in [0.25, 0.3) is 5.91 Å². The first-order valence-corrected chi connectivity index (χ1v) is 9.83. The smallest absolute Gasteiger partial charge is 0.322 e. The standard InChI is InChI=1S/C19H16F3IN4O2/c1-29-27-17(26-27)14-3-2-11(19(20,21)22)7-15(14)18(28)25-12-6-10-9-24-5-4-13(10)16(23)8-12/h2-3,6-8,24H,4-5,9H2,1H3,(H,25,28). The lowest BCUT2D eigenvalue weighted by molar-refractivity contribution is -0.137. The van der Waals surface area contributed by atoms with Crippen molar-refractivity contribution in [2.45, 2.75) is 19.1 Å². The van der Waals surface area contributed by atoms with Gasteiger partial charge in [0.1, 0.15) is 0 Å². The van der Waals surface area contributed by atoms with Crippen LogP contribution in [0.3, 0.4) is 0 Å². The molecule has 0 bridgehead atoms. The van der Waals surface area contributed by atoms with E-state index in [1.54, 1.807) is 0 Å². The number of hydrogen-bond donors (Lipinski definition) is 2. The van der Waals surface area contributed by atoms with Crippen LogP contribution in [0.5, 0.6) is 0 Å². The van der Waals surface area contributed by atoms with Gasteiger partial charge in [0.15, 0.2) is 0 Å². The summed E-state index contributed by atoms with van der Waals surface area (Å²) >= 11 is 2.21. The highest BCUT2D eigenvalue weighted by atomic mass is 127. The molecule has 0 fully saturated rings. The molecule has 2 heterocycles. The second-order valence-corrected chi connectivity index (χ2v) is 7.78. The van der Waals surface area contributed by atoms with Crippen LogP contribution in [0.2, 0.25) is 0 Å². The Balaban J connectivity index is 1.67. The summed E-state index contributed by atoms with van der Waals surface area (Å²) in [5.74, 6) is -0.341. The highest BCUT2D eigenvalue weighted by Crippen LogP contribution is 2.33. The van der Waals surface area contributed by atoms with Gasteiger partial charge >= 0.3 is 6.18 Å². The summed E-state index contributed by atoms with van der Waals surface area (Å²) in [6.07, 6.45) is -3.67. The van der Waals surface area contributed by atoms with Crippen LogP contribution in [0.15, 0.2) is 35.4 Å². The van der Waals surface area contributed by atoms with Gasteiger partial charge in [-0.25, -0.2) is 0 Å². The number of carbonyl (C=O) groups excluding carboxylic acids is 1. The Hall–Kier alpha value is -2.18. The quantitative estimate of drug-likeness (QED) is 0.608. The van der Waals surface area contributed by atoms with Gasteiger partial charge in [0.05, 0.1) is 18.2 Å². The number of rotatable bonds is 4. The number of hydrogen-bond acceptors (Lipinski definition) is 5. The minimum atomic E-state index is -4.56. The molecule has 0 spiro atoms. The van der Waals surface area contributed by atoms with Crippen molar-refractivity contribution in [3.05, 3.63) is 61.7 Å². The SMILES string of the molecule is CON1N=C1c1ccc(C(F)(F)F)cc1C(=O)Nc1cc(I)c2c(c1)CNCC2. The predicted octanol–water partition coefficient (Wildman–Crippen LogP) is 3.75. The van der Waals surface area contributed by atoms with Gasteiger partial charge in [-0.1, -0.05) is 0 Å². The molecule has 152 valence electrons. The molecule has 0 saturated carbocycles. The van der Waals surface area contributed by atoms with Gasteiger partial charge in [0.2, 0.25) is 5.84 Å². The molecule has 1 amide bonds. The highest BCUT2D eigenvalue weighted by molar-refractivity contribution is 14.1. The summed E-state index contributed by atoms with van der Waals surface area (Å²) in [6, 6.07) is 6.67. The van der Waals surface area contributed by atoms with Crippen molar-refractivity contribution in [1.29, 1.82) is 0 Å². The molecule has 2 aromatic rings. The fraction of sp³-hybridized carbons (Fsp3) is 0.263. The average Bonchev–Trinajstić information content (AvgIpc) is 3.46. The number of nitrogens with zero attached hydrogens (tertiary/aromatic N) is 2. The molecular weight excluding hydrogens is 500 g/mol. The molecule has 10 heteroatoms. The Morgan fingerprint density at radius 2 is 2.10 bits per heavy atom. The van der Waals surface area contributed by atoms with Gasteiger partial charge in [-0.3, -0.25) is 9.63 Å². The van der Waals surface area contributed by atoms with E-state index in [0.29, 0.717) is 18.1 Å². The maximum atomic E-state index is 13.2. The third-order valence-corrected chi connectivity index (χ3v) is 5.71. The van der Waals surface area contributed by atoms with E-state index in [-0.39, 0.29) is 11.1 Å². The van der Waals surface area contributed by atoms with Crippen molar-refractivity contribution in [3.63, 3.8) is 0 Å². The first-order valence-electron chi connectivity index (χ1n) is 8.76. The minimum Gasteiger partial charge on any atom is -0.322 e. The number of anilines is 1. The zero-order chi connectivity index (χ0) is 20.8. The van der Waals surface area contributed by atoms with Gasteiger partial charge in [-0.05, 0) is 77.0 Å². The zero-order valence-electron chi connectivity index (χ0n) is 15.2. The van der Waals surface area contributed by atoms with Crippen molar-refractivity contribution >= 4 is 40.0 Å². The van der Waals surface area contributed by atoms with Gasteiger partial charge in [0, 0.05) is 21.4 Å². The number of carbonyl (C=O) groups is 1. The molecule has 0 aromatic heterocycles. The van der Waals surface area contributed by atoms with E-state index in [1.165, 1.54) is 18.7 Å². The predicted molar refractivity (Wildman–Crippen MR) is 109 cm³/mol. The van der Waals surface area contributed by atoms with Gasteiger partial charge < -0.3 is 10.6 Å². The molecule has 6 nitrogen and oxygen atoms in total. The van der Waals surface area contributed by atoms with E-state index in [4.69, 9.17) is 4.84 Å². The Morgan fingerprint density at radius 1 is 1.31 bits per heavy atom. The molecule has 4 rings (SSSR count). The lowest BCUT2D eigenvalue weighted by atomic mass is 9.99. The van der Waals surface area contributed by atoms with Gasteiger partial charge in [-0.2, -0.15) is 13.2 Å². The van der Waals surface area contributed by atoms with Crippen molar-refractivity contribution in [3.8, 4) is 0 Å². The molecule has 2 aliphatic heterocycles. The van der Waals surface area contributed by atoms with Crippen molar-refractivity contribution < 1.29 is 22.8 Å².